The molecule has 0 aromatic heterocycles. The molecule has 0 spiro atoms. The number of hydrogen-bond acceptors (Lipinski definition) is 6. The molecule has 1 heterocycles. The zero-order valence-electron chi connectivity index (χ0n) is 25.2. The lowest BCUT2D eigenvalue weighted by molar-refractivity contribution is -0.187. The average molecular weight is 575 g/mol. The number of piperidine rings is 1. The molecule has 42 heavy (non-hydrogen) atoms. The van der Waals surface area contributed by atoms with Crippen LogP contribution in [0.4, 0.5) is 0 Å². The summed E-state index contributed by atoms with van der Waals surface area (Å²) in [7, 11) is 0. The Morgan fingerprint density at radius 3 is 2.48 bits per heavy atom. The number of hydrogen-bond donors (Lipinski definition) is 1. The second-order valence-corrected chi connectivity index (χ2v) is 12.8. The van der Waals surface area contributed by atoms with Crippen LogP contribution in [0.15, 0.2) is 54.6 Å². The Morgan fingerprint density at radius 1 is 0.929 bits per heavy atom. The number of aryl methyl sites for hydroxylation is 1. The molecule has 3 atom stereocenters. The Labute approximate surface area is 250 Å². The fourth-order valence-corrected chi connectivity index (χ4v) is 7.39. The fourth-order valence-electron chi connectivity index (χ4n) is 7.39. The van der Waals surface area contributed by atoms with E-state index in [2.05, 4.69) is 40.5 Å². The number of unbranched alkanes of at least 4 members (excludes halogenated alkanes) is 2. The van der Waals surface area contributed by atoms with Gasteiger partial charge in [0.25, 0.3) is 0 Å². The summed E-state index contributed by atoms with van der Waals surface area (Å²) < 4.78 is 11.8. The van der Waals surface area contributed by atoms with Crippen molar-refractivity contribution in [1.29, 1.82) is 0 Å². The van der Waals surface area contributed by atoms with E-state index < -0.39 is 11.0 Å². The third-order valence-corrected chi connectivity index (χ3v) is 9.48. The van der Waals surface area contributed by atoms with E-state index in [0.29, 0.717) is 31.6 Å². The lowest BCUT2D eigenvalue weighted by atomic mass is 9.55. The van der Waals surface area contributed by atoms with Gasteiger partial charge in [-0.2, -0.15) is 0 Å². The Balaban J connectivity index is 1.30. The number of fused-ring (bicyclic) bond motifs is 1. The number of rotatable bonds is 12. The maximum Gasteiger partial charge on any atom is 0.308 e. The van der Waals surface area contributed by atoms with Crippen molar-refractivity contribution in [1.82, 2.24) is 10.2 Å². The summed E-state index contributed by atoms with van der Waals surface area (Å²) in [5.74, 6) is 0.680. The molecule has 2 saturated carbocycles. The minimum Gasteiger partial charge on any atom is -0.457 e. The number of carbonyl (C=O) groups is 3. The number of likely N-dealkylation sites (tertiary alicyclic amines) is 1. The molecule has 0 radical (unpaired) electrons. The van der Waals surface area contributed by atoms with Crippen LogP contribution in [-0.2, 0) is 31.0 Å². The summed E-state index contributed by atoms with van der Waals surface area (Å²) >= 11 is 0. The highest BCUT2D eigenvalue weighted by Crippen LogP contribution is 2.54. The summed E-state index contributed by atoms with van der Waals surface area (Å²) in [5, 5.41) is 3.35. The van der Waals surface area contributed by atoms with Gasteiger partial charge < -0.3 is 14.8 Å². The van der Waals surface area contributed by atoms with Crippen LogP contribution in [0.25, 0.3) is 0 Å². The van der Waals surface area contributed by atoms with E-state index in [4.69, 9.17) is 9.47 Å². The second-order valence-electron chi connectivity index (χ2n) is 12.8. The number of esters is 2. The van der Waals surface area contributed by atoms with Gasteiger partial charge >= 0.3 is 11.9 Å². The topological polar surface area (TPSA) is 84.9 Å². The largest absolute Gasteiger partial charge is 0.457 e. The van der Waals surface area contributed by atoms with Crippen molar-refractivity contribution < 1.29 is 23.9 Å². The number of nitrogens with one attached hydrogen (secondary N) is 1. The van der Waals surface area contributed by atoms with Crippen LogP contribution in [-0.4, -0.2) is 54.0 Å². The molecule has 1 saturated heterocycles. The van der Waals surface area contributed by atoms with Gasteiger partial charge in [0.2, 0.25) is 5.91 Å². The monoisotopic (exact) mass is 574 g/mol. The van der Waals surface area contributed by atoms with Gasteiger partial charge in [-0.3, -0.25) is 19.3 Å². The van der Waals surface area contributed by atoms with Crippen LogP contribution in [0, 0.1) is 5.92 Å². The molecule has 1 N–H and O–H groups in total. The van der Waals surface area contributed by atoms with Gasteiger partial charge in [0, 0.05) is 44.8 Å². The predicted octanol–water partition coefficient (Wildman–Crippen LogP) is 5.74. The van der Waals surface area contributed by atoms with Crippen molar-refractivity contribution in [3.63, 3.8) is 0 Å². The van der Waals surface area contributed by atoms with E-state index in [0.717, 1.165) is 63.1 Å². The van der Waals surface area contributed by atoms with E-state index in [1.54, 1.807) is 6.07 Å². The van der Waals surface area contributed by atoms with Crippen LogP contribution in [0.3, 0.4) is 0 Å². The minimum absolute atomic E-state index is 0.0159. The standard InChI is InChI=1S/C35H46N2O5/c1-26(38)41-32-14-9-13-30(22-32)34-20-21-37(24-29-16-17-29)25-35(34,42-27(2)39)19-18-31(23-34)36-33(40)15-8-4-7-12-28-10-5-3-6-11-28/h3,5-6,9-11,13-14,22,29,31H,4,7-8,12,15-21,23-25H2,1-2H3,(H,36,40). The van der Waals surface area contributed by atoms with E-state index >= 15 is 0 Å². The Morgan fingerprint density at radius 2 is 1.74 bits per heavy atom. The van der Waals surface area contributed by atoms with Crippen molar-refractivity contribution in [2.75, 3.05) is 19.6 Å². The number of amides is 1. The molecule has 1 amide bonds. The molecular formula is C35H46N2O5. The lowest BCUT2D eigenvalue weighted by Crippen LogP contribution is -2.68. The first-order chi connectivity index (χ1) is 20.3. The van der Waals surface area contributed by atoms with Gasteiger partial charge in [0.1, 0.15) is 11.4 Å². The zero-order valence-corrected chi connectivity index (χ0v) is 25.2. The van der Waals surface area contributed by atoms with Crippen molar-refractivity contribution in [2.45, 2.75) is 102 Å². The number of nitrogens with zero attached hydrogens (tertiary/aromatic N) is 1. The van der Waals surface area contributed by atoms with Gasteiger partial charge in [-0.25, -0.2) is 0 Å². The van der Waals surface area contributed by atoms with Crippen LogP contribution in [0.5, 0.6) is 5.75 Å². The smallest absolute Gasteiger partial charge is 0.308 e. The highest BCUT2D eigenvalue weighted by molar-refractivity contribution is 5.76. The van der Waals surface area contributed by atoms with Gasteiger partial charge in [0.15, 0.2) is 0 Å². The van der Waals surface area contributed by atoms with Crippen molar-refractivity contribution >= 4 is 17.8 Å². The molecule has 3 aliphatic rings. The zero-order chi connectivity index (χ0) is 29.6. The fraction of sp³-hybridized carbons (Fsp3) is 0.571. The molecule has 226 valence electrons. The van der Waals surface area contributed by atoms with Crippen LogP contribution in [0.2, 0.25) is 0 Å². The third-order valence-electron chi connectivity index (χ3n) is 9.48. The lowest BCUT2D eigenvalue weighted by Gasteiger charge is -2.59. The Hall–Kier alpha value is -3.19. The van der Waals surface area contributed by atoms with Gasteiger partial charge in [-0.15, -0.1) is 0 Å². The van der Waals surface area contributed by atoms with Crippen molar-refractivity contribution in [3.8, 4) is 5.75 Å². The molecule has 7 heteroatoms. The Bertz CT molecular complexity index is 1240. The maximum absolute atomic E-state index is 13.1. The quantitative estimate of drug-likeness (QED) is 0.198. The van der Waals surface area contributed by atoms with Gasteiger partial charge in [-0.05, 0) is 93.5 Å². The summed E-state index contributed by atoms with van der Waals surface area (Å²) in [5.41, 5.74) is 1.14. The molecule has 2 aliphatic carbocycles. The second kappa shape index (κ2) is 13.4. The van der Waals surface area contributed by atoms with Crippen LogP contribution in [0.1, 0.15) is 89.2 Å². The normalized spacial score (nSPS) is 25.7. The third kappa shape index (κ3) is 7.41. The van der Waals surface area contributed by atoms with Gasteiger partial charge in [-0.1, -0.05) is 48.9 Å². The number of ether oxygens (including phenoxy) is 2. The maximum atomic E-state index is 13.1. The number of carbonyl (C=O) groups excluding carboxylic acids is 3. The molecular weight excluding hydrogens is 528 g/mol. The first-order valence-corrected chi connectivity index (χ1v) is 15.8. The molecule has 3 unspecified atom stereocenters. The highest BCUT2D eigenvalue weighted by Gasteiger charge is 2.61. The van der Waals surface area contributed by atoms with Gasteiger partial charge in [0.05, 0.1) is 0 Å². The molecule has 5 rings (SSSR count). The minimum atomic E-state index is -0.709. The molecule has 2 aromatic rings. The first-order valence-electron chi connectivity index (χ1n) is 15.8. The van der Waals surface area contributed by atoms with Crippen LogP contribution < -0.4 is 10.1 Å². The van der Waals surface area contributed by atoms with Crippen molar-refractivity contribution in [2.24, 2.45) is 5.92 Å². The average Bonchev–Trinajstić information content (AvgIpc) is 3.77. The number of benzene rings is 2. The Kier molecular flexibility index (Phi) is 9.67. The molecule has 1 aliphatic heterocycles. The van der Waals surface area contributed by atoms with E-state index in [9.17, 15) is 14.4 Å². The molecule has 3 fully saturated rings. The van der Waals surface area contributed by atoms with Crippen molar-refractivity contribution in [3.05, 3.63) is 65.7 Å². The van der Waals surface area contributed by atoms with E-state index in [-0.39, 0.29) is 23.9 Å². The molecule has 2 aromatic carbocycles. The summed E-state index contributed by atoms with van der Waals surface area (Å²) in [6.07, 6.45) is 9.98. The SMILES string of the molecule is CC(=O)Oc1cccc(C23CCN(CC4CC4)CC2(OC(C)=O)CCC(NC(=O)CCCCCc2ccccc2)C3)c1. The molecule has 7 nitrogen and oxygen atoms in total. The summed E-state index contributed by atoms with van der Waals surface area (Å²) in [6, 6.07) is 18.2. The molecule has 0 bridgehead atoms. The van der Waals surface area contributed by atoms with E-state index in [1.807, 2.05) is 18.2 Å². The summed E-state index contributed by atoms with van der Waals surface area (Å²) in [4.78, 5) is 40.0. The first kappa shape index (κ1) is 30.3. The van der Waals surface area contributed by atoms with Crippen LogP contribution >= 0.6 is 0 Å². The van der Waals surface area contributed by atoms with E-state index in [1.165, 1.54) is 32.3 Å². The summed E-state index contributed by atoms with van der Waals surface area (Å²) in [6.45, 7) is 5.53. The predicted molar refractivity (Wildman–Crippen MR) is 162 cm³/mol. The highest BCUT2D eigenvalue weighted by atomic mass is 16.6.